The summed E-state index contributed by atoms with van der Waals surface area (Å²) in [5, 5.41) is 4.41. The highest BCUT2D eigenvalue weighted by Gasteiger charge is 2.15. The molecule has 0 fully saturated rings. The van der Waals surface area contributed by atoms with Gasteiger partial charge in [0.15, 0.2) is 5.13 Å². The summed E-state index contributed by atoms with van der Waals surface area (Å²) < 4.78 is 12.4. The van der Waals surface area contributed by atoms with Gasteiger partial charge in [-0.25, -0.2) is 4.98 Å². The molecule has 0 saturated heterocycles. The molecule has 5 rings (SSSR count). The van der Waals surface area contributed by atoms with E-state index in [9.17, 15) is 4.79 Å². The Balaban J connectivity index is 1.49. The summed E-state index contributed by atoms with van der Waals surface area (Å²) >= 11 is 1.45. The summed E-state index contributed by atoms with van der Waals surface area (Å²) in [5.74, 6) is 0.409. The van der Waals surface area contributed by atoms with Gasteiger partial charge in [0.25, 0.3) is 0 Å². The predicted molar refractivity (Wildman–Crippen MR) is 130 cm³/mol. The Morgan fingerprint density at radius 3 is 2.66 bits per heavy atom. The van der Waals surface area contributed by atoms with Crippen molar-refractivity contribution in [1.82, 2.24) is 4.98 Å². The smallest absolute Gasteiger partial charge is 0.250 e. The van der Waals surface area contributed by atoms with Crippen LogP contribution in [-0.4, -0.2) is 18.0 Å². The normalized spacial score (nSPS) is 11.8. The van der Waals surface area contributed by atoms with E-state index in [0.29, 0.717) is 10.9 Å². The minimum absolute atomic E-state index is 0.237. The second kappa shape index (κ2) is 8.32. The van der Waals surface area contributed by atoms with E-state index in [1.54, 1.807) is 19.4 Å². The molecule has 1 N–H and O–H groups in total. The molecule has 0 radical (unpaired) electrons. The van der Waals surface area contributed by atoms with Crippen LogP contribution in [0.2, 0.25) is 0 Å². The lowest BCUT2D eigenvalue weighted by Crippen LogP contribution is -2.08. The van der Waals surface area contributed by atoms with Gasteiger partial charge in [-0.05, 0) is 36.3 Å². The molecular formula is C26H20N2O3S. The second-order valence-corrected chi connectivity index (χ2v) is 8.40. The molecule has 3 aromatic carbocycles. The zero-order valence-corrected chi connectivity index (χ0v) is 18.4. The number of furan rings is 1. The maximum atomic E-state index is 12.7. The van der Waals surface area contributed by atoms with Gasteiger partial charge in [-0.15, -0.1) is 0 Å². The number of nitrogens with one attached hydrogen (secondary N) is 1. The number of amides is 1. The molecule has 0 aliphatic rings. The quantitative estimate of drug-likeness (QED) is 0.307. The fourth-order valence-corrected chi connectivity index (χ4v) is 4.58. The number of nitrogens with zero attached hydrogens (tertiary/aromatic N) is 1. The fraction of sp³-hybridized carbons (Fsp3) is 0.0769. The number of methoxy groups -OCH3 is 1. The van der Waals surface area contributed by atoms with Gasteiger partial charge in [0.2, 0.25) is 5.91 Å². The first-order valence-corrected chi connectivity index (χ1v) is 10.9. The highest BCUT2D eigenvalue weighted by atomic mass is 32.1. The molecule has 0 bridgehead atoms. The van der Waals surface area contributed by atoms with Gasteiger partial charge in [-0.3, -0.25) is 10.1 Å². The lowest BCUT2D eigenvalue weighted by molar-refractivity contribution is -0.111. The van der Waals surface area contributed by atoms with Crippen molar-refractivity contribution in [2.24, 2.45) is 0 Å². The average molecular weight is 441 g/mol. The molecule has 0 spiro atoms. The van der Waals surface area contributed by atoms with E-state index < -0.39 is 0 Å². The van der Waals surface area contributed by atoms with E-state index in [2.05, 4.69) is 10.3 Å². The van der Waals surface area contributed by atoms with Gasteiger partial charge in [0.05, 0.1) is 23.6 Å². The van der Waals surface area contributed by atoms with Crippen LogP contribution in [-0.2, 0) is 4.79 Å². The fourth-order valence-electron chi connectivity index (χ4n) is 3.71. The van der Waals surface area contributed by atoms with Crippen molar-refractivity contribution in [2.75, 3.05) is 12.4 Å². The third-order valence-corrected chi connectivity index (χ3v) is 6.23. The number of aromatic nitrogens is 1. The number of hydrogen-bond donors (Lipinski definition) is 1. The van der Waals surface area contributed by atoms with Crippen LogP contribution in [0.25, 0.3) is 37.9 Å². The first-order chi connectivity index (χ1) is 15.6. The van der Waals surface area contributed by atoms with Crippen LogP contribution >= 0.6 is 11.3 Å². The van der Waals surface area contributed by atoms with E-state index in [1.807, 2.05) is 73.7 Å². The molecule has 1 amide bonds. The first kappa shape index (κ1) is 20.0. The predicted octanol–water partition coefficient (Wildman–Crippen LogP) is 6.76. The lowest BCUT2D eigenvalue weighted by Gasteiger charge is -2.10. The molecule has 0 atom stereocenters. The molecule has 0 aliphatic heterocycles. The van der Waals surface area contributed by atoms with E-state index in [0.717, 1.165) is 43.4 Å². The summed E-state index contributed by atoms with van der Waals surface area (Å²) in [6, 6.07) is 21.7. The van der Waals surface area contributed by atoms with Crippen molar-refractivity contribution in [3.05, 3.63) is 84.6 Å². The zero-order valence-electron chi connectivity index (χ0n) is 17.6. The maximum absolute atomic E-state index is 12.7. The number of rotatable bonds is 5. The number of ether oxygens (including phenoxy) is 1. The Labute approximate surface area is 189 Å². The number of thiazole rings is 1. The number of allylic oxidation sites excluding steroid dienone is 1. The van der Waals surface area contributed by atoms with Crippen LogP contribution < -0.4 is 10.1 Å². The topological polar surface area (TPSA) is 64.4 Å². The van der Waals surface area contributed by atoms with Gasteiger partial charge in [0.1, 0.15) is 11.3 Å². The molecular weight excluding hydrogens is 420 g/mol. The molecule has 5 aromatic rings. The van der Waals surface area contributed by atoms with Crippen LogP contribution in [0.15, 0.2) is 83.5 Å². The van der Waals surface area contributed by atoms with Crippen LogP contribution in [0.1, 0.15) is 12.5 Å². The summed E-state index contributed by atoms with van der Waals surface area (Å²) in [6.45, 7) is 1.89. The first-order valence-electron chi connectivity index (χ1n) is 10.1. The minimum Gasteiger partial charge on any atom is -0.496 e. The monoisotopic (exact) mass is 440 g/mol. The van der Waals surface area contributed by atoms with Crippen molar-refractivity contribution in [1.29, 1.82) is 0 Å². The van der Waals surface area contributed by atoms with Crippen LogP contribution in [0.3, 0.4) is 0 Å². The van der Waals surface area contributed by atoms with Crippen LogP contribution in [0.4, 0.5) is 5.13 Å². The van der Waals surface area contributed by atoms with Gasteiger partial charge >= 0.3 is 0 Å². The Bertz CT molecular complexity index is 1430. The Morgan fingerprint density at radius 2 is 1.88 bits per heavy atom. The van der Waals surface area contributed by atoms with E-state index in [1.165, 1.54) is 11.3 Å². The largest absolute Gasteiger partial charge is 0.496 e. The summed E-state index contributed by atoms with van der Waals surface area (Å²) in [7, 11) is 1.61. The molecule has 2 heterocycles. The van der Waals surface area contributed by atoms with Crippen molar-refractivity contribution in [2.45, 2.75) is 6.92 Å². The van der Waals surface area contributed by atoms with Gasteiger partial charge in [0, 0.05) is 28.7 Å². The van der Waals surface area contributed by atoms with Crippen molar-refractivity contribution >= 4 is 49.1 Å². The molecule has 32 heavy (non-hydrogen) atoms. The van der Waals surface area contributed by atoms with E-state index >= 15 is 0 Å². The highest BCUT2D eigenvalue weighted by molar-refractivity contribution is 7.22. The third kappa shape index (κ3) is 3.76. The Kier molecular flexibility index (Phi) is 5.21. The van der Waals surface area contributed by atoms with E-state index in [-0.39, 0.29) is 5.91 Å². The molecule has 5 nitrogen and oxygen atoms in total. The number of fused-ring (bicyclic) bond motifs is 2. The summed E-state index contributed by atoms with van der Waals surface area (Å²) in [6.07, 6.45) is 3.32. The molecule has 0 saturated carbocycles. The van der Waals surface area contributed by atoms with Crippen molar-refractivity contribution < 1.29 is 13.9 Å². The lowest BCUT2D eigenvalue weighted by atomic mass is 9.99. The van der Waals surface area contributed by atoms with E-state index in [4.69, 9.17) is 9.15 Å². The molecule has 0 unspecified atom stereocenters. The summed E-state index contributed by atoms with van der Waals surface area (Å²) in [5.41, 5.74) is 5.28. The number of benzene rings is 3. The number of carbonyl (C=O) groups is 1. The number of anilines is 1. The minimum atomic E-state index is -0.237. The molecule has 6 heteroatoms. The Morgan fingerprint density at radius 1 is 1.09 bits per heavy atom. The van der Waals surface area contributed by atoms with Gasteiger partial charge < -0.3 is 9.15 Å². The average Bonchev–Trinajstić information content (AvgIpc) is 3.41. The van der Waals surface area contributed by atoms with Gasteiger partial charge in [-0.2, -0.15) is 0 Å². The van der Waals surface area contributed by atoms with Gasteiger partial charge in [-0.1, -0.05) is 53.8 Å². The standard InChI is InChI=1S/C26H20N2O3S/c1-16(12-25(29)28-26-27-21-10-6-7-11-24(21)32-26)18-13-19-20(17-8-4-3-5-9-17)15-31-23(19)14-22(18)30-2/h3-15H,1-2H3,(H,27,28,29)/b16-12+. The molecule has 0 aliphatic carbocycles. The molecule has 2 aromatic heterocycles. The second-order valence-electron chi connectivity index (χ2n) is 7.37. The zero-order chi connectivity index (χ0) is 22.1. The maximum Gasteiger partial charge on any atom is 0.250 e. The van der Waals surface area contributed by atoms with Crippen LogP contribution in [0, 0.1) is 0 Å². The van der Waals surface area contributed by atoms with Crippen LogP contribution in [0.5, 0.6) is 5.75 Å². The summed E-state index contributed by atoms with van der Waals surface area (Å²) in [4.78, 5) is 17.2. The molecule has 158 valence electrons. The SMILES string of the molecule is COc1cc2occ(-c3ccccc3)c2cc1/C(C)=C/C(=O)Nc1nc2ccccc2s1. The van der Waals surface area contributed by atoms with Crippen molar-refractivity contribution in [3.63, 3.8) is 0 Å². The number of hydrogen-bond acceptors (Lipinski definition) is 5. The Hall–Kier alpha value is -3.90. The highest BCUT2D eigenvalue weighted by Crippen LogP contribution is 2.37. The van der Waals surface area contributed by atoms with Crippen molar-refractivity contribution in [3.8, 4) is 16.9 Å². The third-order valence-electron chi connectivity index (χ3n) is 5.28. The number of para-hydroxylation sites is 1. The number of carbonyl (C=O) groups excluding carboxylic acids is 1.